The Bertz CT molecular complexity index is 1230. The first kappa shape index (κ1) is 26.2. The van der Waals surface area contributed by atoms with E-state index in [0.29, 0.717) is 22.9 Å². The Hall–Kier alpha value is -2.45. The zero-order valence-electron chi connectivity index (χ0n) is 19.6. The summed E-state index contributed by atoms with van der Waals surface area (Å²) < 4.78 is 39.4. The Morgan fingerprint density at radius 3 is 2.09 bits per heavy atom. The second kappa shape index (κ2) is 11.3. The molecule has 0 heterocycles. The minimum absolute atomic E-state index is 0.0149. The van der Waals surface area contributed by atoms with Crippen LogP contribution in [0.25, 0.3) is 0 Å². The number of anilines is 1. The number of hydrogen-bond acceptors (Lipinski definition) is 5. The van der Waals surface area contributed by atoms with E-state index in [-0.39, 0.29) is 23.0 Å². The molecule has 182 valence electrons. The van der Waals surface area contributed by atoms with E-state index in [1.807, 2.05) is 55.4 Å². The number of nitrogens with zero attached hydrogens (tertiary/aromatic N) is 2. The molecule has 0 atom stereocenters. The lowest BCUT2D eigenvalue weighted by Crippen LogP contribution is -2.33. The minimum Gasteiger partial charge on any atom is -0.493 e. The molecule has 6 nitrogen and oxygen atoms in total. The maximum absolute atomic E-state index is 13.7. The van der Waals surface area contributed by atoms with Gasteiger partial charge in [-0.15, -0.1) is 0 Å². The van der Waals surface area contributed by atoms with Crippen molar-refractivity contribution in [3.63, 3.8) is 0 Å². The molecule has 0 spiro atoms. The van der Waals surface area contributed by atoms with Gasteiger partial charge in [0.2, 0.25) is 10.0 Å². The summed E-state index contributed by atoms with van der Waals surface area (Å²) in [5, 5.41) is 0.432. The Kier molecular flexibility index (Phi) is 8.71. The highest BCUT2D eigenvalue weighted by Crippen LogP contribution is 2.30. The zero-order valence-corrected chi connectivity index (χ0v) is 21.9. The number of sulfonamides is 1. The van der Waals surface area contributed by atoms with Crippen molar-refractivity contribution in [1.82, 2.24) is 4.31 Å². The van der Waals surface area contributed by atoms with Crippen LogP contribution in [0.5, 0.6) is 11.5 Å². The lowest BCUT2D eigenvalue weighted by molar-refractivity contribution is 0.354. The van der Waals surface area contributed by atoms with E-state index in [0.717, 1.165) is 16.8 Å². The number of halogens is 2. The molecule has 0 aliphatic carbocycles. The van der Waals surface area contributed by atoms with Crippen LogP contribution in [0.1, 0.15) is 11.1 Å². The standard InChI is InChI=1S/C25H28Cl2N2O4S/c1-28(2)21-9-5-19(6-10-21)17-29(34(30,31)25-16-20(26)8-11-22(25)27)14-13-18-7-12-23(32-3)24(15-18)33-4/h5-12,15-16H,13-14,17H2,1-4H3. The molecule has 0 saturated carbocycles. The highest BCUT2D eigenvalue weighted by atomic mass is 35.5. The number of hydrogen-bond donors (Lipinski definition) is 0. The molecule has 3 rings (SSSR count). The average molecular weight is 523 g/mol. The van der Waals surface area contributed by atoms with Gasteiger partial charge in [0.1, 0.15) is 4.90 Å². The van der Waals surface area contributed by atoms with Crippen molar-refractivity contribution in [3.8, 4) is 11.5 Å². The number of ether oxygens (including phenoxy) is 2. The molecule has 3 aromatic rings. The van der Waals surface area contributed by atoms with Gasteiger partial charge in [-0.2, -0.15) is 4.31 Å². The lowest BCUT2D eigenvalue weighted by Gasteiger charge is -2.24. The van der Waals surface area contributed by atoms with Crippen molar-refractivity contribution in [3.05, 3.63) is 81.8 Å². The average Bonchev–Trinajstić information content (AvgIpc) is 2.83. The minimum atomic E-state index is -3.93. The highest BCUT2D eigenvalue weighted by Gasteiger charge is 2.27. The largest absolute Gasteiger partial charge is 0.493 e. The van der Waals surface area contributed by atoms with E-state index >= 15 is 0 Å². The molecule has 0 radical (unpaired) electrons. The van der Waals surface area contributed by atoms with Crippen LogP contribution in [0.3, 0.4) is 0 Å². The van der Waals surface area contributed by atoms with Crippen LogP contribution in [0.2, 0.25) is 10.0 Å². The van der Waals surface area contributed by atoms with E-state index in [1.54, 1.807) is 26.4 Å². The quantitative estimate of drug-likeness (QED) is 0.351. The molecule has 0 aliphatic rings. The normalized spacial score (nSPS) is 11.5. The maximum Gasteiger partial charge on any atom is 0.244 e. The molecule has 0 bridgehead atoms. The van der Waals surface area contributed by atoms with Crippen LogP contribution in [-0.4, -0.2) is 47.6 Å². The first-order valence-corrected chi connectivity index (χ1v) is 12.8. The zero-order chi connectivity index (χ0) is 24.9. The van der Waals surface area contributed by atoms with Crippen LogP contribution < -0.4 is 14.4 Å². The third kappa shape index (κ3) is 6.16. The molecular weight excluding hydrogens is 495 g/mol. The molecule has 3 aromatic carbocycles. The van der Waals surface area contributed by atoms with Gasteiger partial charge in [-0.05, 0) is 60.0 Å². The lowest BCUT2D eigenvalue weighted by atomic mass is 10.1. The second-order valence-electron chi connectivity index (χ2n) is 7.91. The van der Waals surface area contributed by atoms with E-state index < -0.39 is 10.0 Å². The summed E-state index contributed by atoms with van der Waals surface area (Å²) in [4.78, 5) is 1.97. The molecule has 0 N–H and O–H groups in total. The number of methoxy groups -OCH3 is 2. The number of rotatable bonds is 10. The van der Waals surface area contributed by atoms with E-state index in [2.05, 4.69) is 0 Å². The summed E-state index contributed by atoms with van der Waals surface area (Å²) in [6.07, 6.45) is 0.466. The van der Waals surface area contributed by atoms with Gasteiger partial charge in [0.15, 0.2) is 11.5 Å². The molecule has 0 unspecified atom stereocenters. The van der Waals surface area contributed by atoms with Gasteiger partial charge in [-0.1, -0.05) is 41.4 Å². The van der Waals surface area contributed by atoms with Crippen molar-refractivity contribution in [2.24, 2.45) is 0 Å². The van der Waals surface area contributed by atoms with E-state index in [9.17, 15) is 8.42 Å². The van der Waals surface area contributed by atoms with Crippen molar-refractivity contribution >= 4 is 38.9 Å². The van der Waals surface area contributed by atoms with Crippen molar-refractivity contribution in [2.75, 3.05) is 39.8 Å². The third-order valence-electron chi connectivity index (χ3n) is 5.42. The van der Waals surface area contributed by atoms with Crippen LogP contribution in [0.15, 0.2) is 65.6 Å². The van der Waals surface area contributed by atoms with E-state index in [4.69, 9.17) is 32.7 Å². The fourth-order valence-electron chi connectivity index (χ4n) is 3.49. The van der Waals surface area contributed by atoms with Crippen LogP contribution in [0.4, 0.5) is 5.69 Å². The van der Waals surface area contributed by atoms with Gasteiger partial charge >= 0.3 is 0 Å². The van der Waals surface area contributed by atoms with Gasteiger partial charge in [-0.3, -0.25) is 0 Å². The molecule has 0 amide bonds. The molecule has 0 saturated heterocycles. The molecule has 9 heteroatoms. The monoisotopic (exact) mass is 522 g/mol. The molecule has 0 aliphatic heterocycles. The van der Waals surface area contributed by atoms with Crippen LogP contribution >= 0.6 is 23.2 Å². The molecular formula is C25H28Cl2N2O4S. The third-order valence-corrected chi connectivity index (χ3v) is 7.98. The van der Waals surface area contributed by atoms with Gasteiger partial charge in [0, 0.05) is 37.9 Å². The Morgan fingerprint density at radius 2 is 1.47 bits per heavy atom. The van der Waals surface area contributed by atoms with Gasteiger partial charge in [-0.25, -0.2) is 8.42 Å². The van der Waals surface area contributed by atoms with Crippen molar-refractivity contribution in [1.29, 1.82) is 0 Å². The second-order valence-corrected chi connectivity index (χ2v) is 10.7. The fourth-order valence-corrected chi connectivity index (χ4v) is 5.66. The summed E-state index contributed by atoms with van der Waals surface area (Å²) in [5.41, 5.74) is 2.80. The SMILES string of the molecule is COc1ccc(CCN(Cc2ccc(N(C)C)cc2)S(=O)(=O)c2cc(Cl)ccc2Cl)cc1OC. The van der Waals surface area contributed by atoms with Crippen molar-refractivity contribution < 1.29 is 17.9 Å². The predicted molar refractivity (Wildman–Crippen MR) is 138 cm³/mol. The Morgan fingerprint density at radius 1 is 0.824 bits per heavy atom. The Labute approximate surface area is 211 Å². The van der Waals surface area contributed by atoms with Crippen LogP contribution in [-0.2, 0) is 23.0 Å². The smallest absolute Gasteiger partial charge is 0.244 e. The summed E-state index contributed by atoms with van der Waals surface area (Å²) in [7, 11) is 3.12. The molecule has 0 aromatic heterocycles. The predicted octanol–water partition coefficient (Wildman–Crippen LogP) is 5.51. The summed E-state index contributed by atoms with van der Waals surface area (Å²) in [6, 6.07) is 17.8. The van der Waals surface area contributed by atoms with Crippen molar-refractivity contribution in [2.45, 2.75) is 17.9 Å². The number of benzene rings is 3. The van der Waals surface area contributed by atoms with Crippen LogP contribution in [0, 0.1) is 0 Å². The summed E-state index contributed by atoms with van der Waals surface area (Å²) in [5.74, 6) is 1.20. The Balaban J connectivity index is 1.93. The van der Waals surface area contributed by atoms with Gasteiger partial charge < -0.3 is 14.4 Å². The molecule has 34 heavy (non-hydrogen) atoms. The van der Waals surface area contributed by atoms with E-state index in [1.165, 1.54) is 16.4 Å². The summed E-state index contributed by atoms with van der Waals surface area (Å²) in [6.45, 7) is 0.419. The fraction of sp³-hybridized carbons (Fsp3) is 0.280. The van der Waals surface area contributed by atoms with Gasteiger partial charge in [0.25, 0.3) is 0 Å². The first-order valence-electron chi connectivity index (χ1n) is 10.6. The first-order chi connectivity index (χ1) is 16.1. The highest BCUT2D eigenvalue weighted by molar-refractivity contribution is 7.89. The topological polar surface area (TPSA) is 59.1 Å². The van der Waals surface area contributed by atoms with Gasteiger partial charge in [0.05, 0.1) is 19.2 Å². The summed E-state index contributed by atoms with van der Waals surface area (Å²) >= 11 is 12.4. The maximum atomic E-state index is 13.7. The molecule has 0 fully saturated rings.